The normalized spacial score (nSPS) is 15.7. The first-order chi connectivity index (χ1) is 12.2. The Hall–Kier alpha value is -1.91. The maximum Gasteiger partial charge on any atom is 0.259 e. The van der Waals surface area contributed by atoms with Crippen LogP contribution in [0.2, 0.25) is 0 Å². The summed E-state index contributed by atoms with van der Waals surface area (Å²) in [7, 11) is 0. The van der Waals surface area contributed by atoms with E-state index in [9.17, 15) is 0 Å². The summed E-state index contributed by atoms with van der Waals surface area (Å²) in [5.41, 5.74) is 3.20. The van der Waals surface area contributed by atoms with Gasteiger partial charge in [-0.3, -0.25) is 4.98 Å². The van der Waals surface area contributed by atoms with Crippen molar-refractivity contribution in [2.45, 2.75) is 78.2 Å². The summed E-state index contributed by atoms with van der Waals surface area (Å²) >= 11 is 0. The Balaban J connectivity index is 1.86. The molecular weight excluding hydrogens is 312 g/mol. The minimum absolute atomic E-state index is 0.464. The number of anilines is 1. The summed E-state index contributed by atoms with van der Waals surface area (Å²) in [5, 5.41) is 7.60. The second-order valence-electron chi connectivity index (χ2n) is 7.23. The van der Waals surface area contributed by atoms with Crippen LogP contribution in [0.1, 0.15) is 70.3 Å². The molecule has 1 N–H and O–H groups in total. The van der Waals surface area contributed by atoms with E-state index in [-0.39, 0.29) is 0 Å². The average molecular weight is 342 g/mol. The first-order valence-electron chi connectivity index (χ1n) is 9.75. The molecule has 2 heterocycles. The van der Waals surface area contributed by atoms with Crippen LogP contribution in [0.3, 0.4) is 0 Å². The highest BCUT2D eigenvalue weighted by Gasteiger charge is 2.19. The van der Waals surface area contributed by atoms with Crippen LogP contribution in [0.15, 0.2) is 16.8 Å². The molecule has 1 fully saturated rings. The van der Waals surface area contributed by atoms with E-state index in [1.54, 1.807) is 0 Å². The van der Waals surface area contributed by atoms with E-state index >= 15 is 0 Å². The molecule has 1 aliphatic rings. The second kappa shape index (κ2) is 8.45. The van der Waals surface area contributed by atoms with Crippen LogP contribution in [0.5, 0.6) is 0 Å². The Morgan fingerprint density at radius 2 is 1.96 bits per heavy atom. The number of aryl methyl sites for hydroxylation is 1. The Labute approximate surface area is 150 Å². The third-order valence-electron chi connectivity index (χ3n) is 5.30. The molecule has 5 heteroatoms. The molecule has 136 valence electrons. The van der Waals surface area contributed by atoms with Crippen LogP contribution in [-0.4, -0.2) is 21.2 Å². The van der Waals surface area contributed by atoms with Gasteiger partial charge in [-0.2, -0.15) is 4.98 Å². The summed E-state index contributed by atoms with van der Waals surface area (Å²) < 4.78 is 5.32. The van der Waals surface area contributed by atoms with Crippen molar-refractivity contribution < 1.29 is 4.52 Å². The summed E-state index contributed by atoms with van der Waals surface area (Å²) in [5.74, 6) is 1.96. The van der Waals surface area contributed by atoms with E-state index in [4.69, 9.17) is 9.51 Å². The zero-order chi connectivity index (χ0) is 17.6. The second-order valence-corrected chi connectivity index (χ2v) is 7.23. The lowest BCUT2D eigenvalue weighted by atomic mass is 9.85. The summed E-state index contributed by atoms with van der Waals surface area (Å²) in [4.78, 5) is 9.13. The van der Waals surface area contributed by atoms with Crippen LogP contribution in [0.25, 0.3) is 11.5 Å². The van der Waals surface area contributed by atoms with Crippen molar-refractivity contribution in [3.8, 4) is 11.5 Å². The lowest BCUT2D eigenvalue weighted by Gasteiger charge is -2.24. The fraction of sp³-hybridized carbons (Fsp3) is 0.650. The van der Waals surface area contributed by atoms with Crippen LogP contribution in [0.4, 0.5) is 5.69 Å². The zero-order valence-corrected chi connectivity index (χ0v) is 15.7. The molecule has 0 amide bonds. The Morgan fingerprint density at radius 1 is 1.20 bits per heavy atom. The molecule has 5 nitrogen and oxygen atoms in total. The SMILES string of the molecule is CCC(CC)Nc1cc(-c2nc(C)no2)cnc1CC1CCCCC1. The lowest BCUT2D eigenvalue weighted by molar-refractivity contribution is 0.354. The van der Waals surface area contributed by atoms with Crippen molar-refractivity contribution >= 4 is 5.69 Å². The van der Waals surface area contributed by atoms with E-state index < -0.39 is 0 Å². The number of pyridine rings is 1. The first-order valence-corrected chi connectivity index (χ1v) is 9.75. The van der Waals surface area contributed by atoms with Gasteiger partial charge in [0.15, 0.2) is 5.82 Å². The van der Waals surface area contributed by atoms with Gasteiger partial charge in [-0.1, -0.05) is 51.1 Å². The molecular formula is C20H30N4O. The molecule has 1 saturated carbocycles. The smallest absolute Gasteiger partial charge is 0.259 e. The highest BCUT2D eigenvalue weighted by Crippen LogP contribution is 2.31. The molecule has 0 bridgehead atoms. The number of aromatic nitrogens is 3. The number of hydrogen-bond acceptors (Lipinski definition) is 5. The molecule has 1 aliphatic carbocycles. The molecule has 0 atom stereocenters. The van der Waals surface area contributed by atoms with Crippen molar-refractivity contribution in [1.29, 1.82) is 0 Å². The van der Waals surface area contributed by atoms with Crippen molar-refractivity contribution in [1.82, 2.24) is 15.1 Å². The zero-order valence-electron chi connectivity index (χ0n) is 15.7. The molecule has 2 aromatic heterocycles. The van der Waals surface area contributed by atoms with Gasteiger partial charge < -0.3 is 9.84 Å². The Morgan fingerprint density at radius 3 is 2.60 bits per heavy atom. The molecule has 0 radical (unpaired) electrons. The molecule has 25 heavy (non-hydrogen) atoms. The van der Waals surface area contributed by atoms with Crippen LogP contribution < -0.4 is 5.32 Å². The van der Waals surface area contributed by atoms with E-state index in [1.807, 2.05) is 13.1 Å². The summed E-state index contributed by atoms with van der Waals surface area (Å²) in [6.45, 7) is 6.28. The predicted octanol–water partition coefficient (Wildman–Crippen LogP) is 5.16. The Bertz CT molecular complexity index is 672. The van der Waals surface area contributed by atoms with Gasteiger partial charge in [0.25, 0.3) is 5.89 Å². The van der Waals surface area contributed by atoms with Gasteiger partial charge in [-0.15, -0.1) is 0 Å². The molecule has 0 saturated heterocycles. The minimum Gasteiger partial charge on any atom is -0.381 e. The number of nitrogens with zero attached hydrogens (tertiary/aromatic N) is 3. The van der Waals surface area contributed by atoms with E-state index in [2.05, 4.69) is 35.4 Å². The minimum atomic E-state index is 0.464. The summed E-state index contributed by atoms with van der Waals surface area (Å²) in [6.07, 6.45) is 11.9. The maximum atomic E-state index is 5.32. The van der Waals surface area contributed by atoms with Gasteiger partial charge in [-0.05, 0) is 38.2 Å². The average Bonchev–Trinajstić information content (AvgIpc) is 3.08. The molecule has 0 unspecified atom stereocenters. The highest BCUT2D eigenvalue weighted by atomic mass is 16.5. The molecule has 0 spiro atoms. The van der Waals surface area contributed by atoms with Gasteiger partial charge in [0.05, 0.1) is 16.9 Å². The monoisotopic (exact) mass is 342 g/mol. The third-order valence-corrected chi connectivity index (χ3v) is 5.30. The molecule has 0 aromatic carbocycles. The van der Waals surface area contributed by atoms with Gasteiger partial charge in [0.2, 0.25) is 0 Å². The van der Waals surface area contributed by atoms with E-state index in [0.29, 0.717) is 17.8 Å². The van der Waals surface area contributed by atoms with Crippen molar-refractivity contribution in [3.63, 3.8) is 0 Å². The van der Waals surface area contributed by atoms with Crippen molar-refractivity contribution in [2.24, 2.45) is 5.92 Å². The van der Waals surface area contributed by atoms with Gasteiger partial charge in [0.1, 0.15) is 0 Å². The van der Waals surface area contributed by atoms with Crippen LogP contribution in [-0.2, 0) is 6.42 Å². The van der Waals surface area contributed by atoms with Crippen molar-refractivity contribution in [3.05, 3.63) is 23.8 Å². The Kier molecular flexibility index (Phi) is 6.05. The van der Waals surface area contributed by atoms with Crippen LogP contribution in [0, 0.1) is 12.8 Å². The topological polar surface area (TPSA) is 63.8 Å². The number of rotatable bonds is 7. The number of nitrogens with one attached hydrogen (secondary N) is 1. The molecule has 0 aliphatic heterocycles. The van der Waals surface area contributed by atoms with Gasteiger partial charge >= 0.3 is 0 Å². The predicted molar refractivity (Wildman–Crippen MR) is 101 cm³/mol. The fourth-order valence-electron chi connectivity index (χ4n) is 3.69. The standard InChI is InChI=1S/C20H30N4O/c1-4-17(5-2)23-19-12-16(20-22-14(3)24-25-20)13-21-18(19)11-15-9-7-6-8-10-15/h12-13,15,17,23H,4-11H2,1-3H3. The van der Waals surface area contributed by atoms with E-state index in [0.717, 1.165) is 36.4 Å². The maximum absolute atomic E-state index is 5.32. The van der Waals surface area contributed by atoms with Crippen LogP contribution >= 0.6 is 0 Å². The van der Waals surface area contributed by atoms with Gasteiger partial charge in [0, 0.05) is 12.2 Å². The first kappa shape index (κ1) is 17.9. The largest absolute Gasteiger partial charge is 0.381 e. The quantitative estimate of drug-likeness (QED) is 0.752. The lowest BCUT2D eigenvalue weighted by Crippen LogP contribution is -2.20. The van der Waals surface area contributed by atoms with E-state index in [1.165, 1.54) is 37.8 Å². The number of hydrogen-bond donors (Lipinski definition) is 1. The summed E-state index contributed by atoms with van der Waals surface area (Å²) in [6, 6.07) is 2.60. The molecule has 2 aromatic rings. The highest BCUT2D eigenvalue weighted by molar-refractivity contribution is 5.62. The molecule has 3 rings (SSSR count). The fourth-order valence-corrected chi connectivity index (χ4v) is 3.69. The van der Waals surface area contributed by atoms with Gasteiger partial charge in [-0.25, -0.2) is 0 Å². The van der Waals surface area contributed by atoms with Crippen molar-refractivity contribution in [2.75, 3.05) is 5.32 Å². The third kappa shape index (κ3) is 4.59.